The van der Waals surface area contributed by atoms with Crippen molar-refractivity contribution in [3.8, 4) is 0 Å². The van der Waals surface area contributed by atoms with Crippen molar-refractivity contribution >= 4 is 25.3 Å². The third-order valence-corrected chi connectivity index (χ3v) is 1.92. The summed E-state index contributed by atoms with van der Waals surface area (Å²) in [7, 11) is 0. The van der Waals surface area contributed by atoms with Gasteiger partial charge in [-0.1, -0.05) is 23.8 Å². The van der Waals surface area contributed by atoms with E-state index in [2.05, 4.69) is 0 Å². The molecule has 0 aromatic heterocycles. The monoisotopic (exact) mass is 200 g/mol. The number of hydrogen-bond donors (Lipinski definition) is 0. The van der Waals surface area contributed by atoms with Crippen LogP contribution in [-0.4, -0.2) is 0 Å². The van der Waals surface area contributed by atoms with Crippen molar-refractivity contribution in [1.29, 1.82) is 0 Å². The van der Waals surface area contributed by atoms with E-state index in [0.717, 1.165) is 9.79 Å². The van der Waals surface area contributed by atoms with Crippen molar-refractivity contribution < 1.29 is 59.1 Å². The van der Waals surface area contributed by atoms with Crippen LogP contribution in [0.1, 0.15) is 5.56 Å². The van der Waals surface area contributed by atoms with Crippen LogP contribution in [0, 0.1) is 6.92 Å². The average molecular weight is 200 g/mol. The fraction of sp³-hybridized carbons (Fsp3) is 0.143. The van der Waals surface area contributed by atoms with Crippen molar-refractivity contribution in [2.75, 3.05) is 0 Å². The Morgan fingerprint density at radius 3 is 1.91 bits per heavy atom. The molecule has 0 N–H and O–H groups in total. The van der Waals surface area contributed by atoms with Crippen molar-refractivity contribution in [2.45, 2.75) is 16.7 Å². The maximum atomic E-state index is 4.94. The van der Waals surface area contributed by atoms with Gasteiger partial charge in [0.15, 0.2) is 0 Å². The van der Waals surface area contributed by atoms with E-state index in [1.54, 1.807) is 0 Å². The topological polar surface area (TPSA) is 0 Å². The van der Waals surface area contributed by atoms with E-state index in [4.69, 9.17) is 25.3 Å². The van der Waals surface area contributed by atoms with Gasteiger partial charge < -0.3 is 25.3 Å². The molecule has 0 atom stereocenters. The fourth-order valence-electron chi connectivity index (χ4n) is 0.615. The zero-order valence-electron chi connectivity index (χ0n) is 7.05. The molecule has 0 amide bonds. The number of benzene rings is 1. The Balaban J connectivity index is 0. The molecule has 4 heteroatoms. The standard InChI is InChI=1S/C7H8S2.2Na/c1-5-2-3-6(8)7(9)4-5;;/h2-4,8-9H,1H3;;/q;2*+1/p-2. The first-order valence-corrected chi connectivity index (χ1v) is 3.46. The van der Waals surface area contributed by atoms with Gasteiger partial charge in [-0.05, 0) is 6.92 Å². The molecule has 0 aliphatic carbocycles. The van der Waals surface area contributed by atoms with Crippen LogP contribution in [0.25, 0.3) is 0 Å². The Morgan fingerprint density at radius 1 is 1.00 bits per heavy atom. The fourth-order valence-corrected chi connectivity index (χ4v) is 0.996. The van der Waals surface area contributed by atoms with Gasteiger partial charge >= 0.3 is 59.1 Å². The van der Waals surface area contributed by atoms with Crippen LogP contribution in [0.3, 0.4) is 0 Å². The smallest absolute Gasteiger partial charge is 0.781 e. The first-order valence-electron chi connectivity index (χ1n) is 2.65. The molecule has 0 heterocycles. The molecule has 0 radical (unpaired) electrons. The molecule has 0 unspecified atom stereocenters. The minimum atomic E-state index is 0. The normalized spacial score (nSPS) is 7.73. The molecule has 0 bridgehead atoms. The van der Waals surface area contributed by atoms with Crippen LogP contribution >= 0.6 is 0 Å². The van der Waals surface area contributed by atoms with Gasteiger partial charge in [0.05, 0.1) is 0 Å². The average Bonchev–Trinajstić information content (AvgIpc) is 1.80. The van der Waals surface area contributed by atoms with Crippen molar-refractivity contribution in [2.24, 2.45) is 0 Å². The van der Waals surface area contributed by atoms with Gasteiger partial charge in [0.1, 0.15) is 0 Å². The molecule has 0 aliphatic rings. The molecule has 1 aromatic carbocycles. The predicted octanol–water partition coefficient (Wildman–Crippen LogP) is -4.19. The summed E-state index contributed by atoms with van der Waals surface area (Å²) in [5, 5.41) is 0. The van der Waals surface area contributed by atoms with E-state index in [1.165, 1.54) is 5.56 Å². The molecule has 0 saturated heterocycles. The molecule has 11 heavy (non-hydrogen) atoms. The Kier molecular flexibility index (Phi) is 9.78. The van der Waals surface area contributed by atoms with Crippen LogP contribution in [0.2, 0.25) is 0 Å². The third kappa shape index (κ3) is 5.06. The second-order valence-electron chi connectivity index (χ2n) is 1.95. The van der Waals surface area contributed by atoms with Gasteiger partial charge in [0.2, 0.25) is 0 Å². The van der Waals surface area contributed by atoms with Gasteiger partial charge in [0, 0.05) is 0 Å². The molecular formula is C7H6Na2S2. The number of hydrogen-bond acceptors (Lipinski definition) is 2. The van der Waals surface area contributed by atoms with Crippen LogP contribution < -0.4 is 59.1 Å². The van der Waals surface area contributed by atoms with Crippen LogP contribution in [-0.2, 0) is 25.3 Å². The first-order chi connectivity index (χ1) is 4.20. The van der Waals surface area contributed by atoms with Crippen molar-refractivity contribution in [1.82, 2.24) is 0 Å². The zero-order valence-corrected chi connectivity index (χ0v) is 12.7. The second-order valence-corrected chi connectivity index (χ2v) is 2.83. The third-order valence-electron chi connectivity index (χ3n) is 1.10. The van der Waals surface area contributed by atoms with Gasteiger partial charge in [-0.25, -0.2) is 0 Å². The molecule has 0 fully saturated rings. The molecule has 1 aromatic rings. The molecule has 0 nitrogen and oxygen atoms in total. The molecule has 0 aliphatic heterocycles. The number of aryl methyl sites for hydroxylation is 1. The summed E-state index contributed by atoms with van der Waals surface area (Å²) in [5.41, 5.74) is 1.17. The minimum absolute atomic E-state index is 0. The van der Waals surface area contributed by atoms with Gasteiger partial charge in [-0.3, -0.25) is 0 Å². The quantitative estimate of drug-likeness (QED) is 0.308. The molecular weight excluding hydrogens is 194 g/mol. The Labute approximate surface area is 123 Å². The van der Waals surface area contributed by atoms with Crippen LogP contribution in [0.4, 0.5) is 0 Å². The van der Waals surface area contributed by atoms with E-state index in [0.29, 0.717) is 0 Å². The molecule has 0 spiro atoms. The largest absolute Gasteiger partial charge is 1.00 e. The van der Waals surface area contributed by atoms with Crippen LogP contribution in [0.5, 0.6) is 0 Å². The maximum Gasteiger partial charge on any atom is 1.00 e. The maximum absolute atomic E-state index is 4.94. The molecule has 0 saturated carbocycles. The van der Waals surface area contributed by atoms with Crippen LogP contribution in [0.15, 0.2) is 28.0 Å². The van der Waals surface area contributed by atoms with Crippen molar-refractivity contribution in [3.63, 3.8) is 0 Å². The SMILES string of the molecule is Cc1ccc([S-])c([S-])c1.[Na+].[Na+]. The summed E-state index contributed by atoms with van der Waals surface area (Å²) < 4.78 is 0. The van der Waals surface area contributed by atoms with Gasteiger partial charge in [0.25, 0.3) is 0 Å². The van der Waals surface area contributed by atoms with Gasteiger partial charge in [-0.2, -0.15) is 9.79 Å². The van der Waals surface area contributed by atoms with Crippen molar-refractivity contribution in [3.05, 3.63) is 23.8 Å². The summed E-state index contributed by atoms with van der Waals surface area (Å²) in [6.45, 7) is 2.00. The summed E-state index contributed by atoms with van der Waals surface area (Å²) in [5.74, 6) is 0. The summed E-state index contributed by atoms with van der Waals surface area (Å²) >= 11 is 9.85. The Bertz CT molecular complexity index is 226. The van der Waals surface area contributed by atoms with E-state index < -0.39 is 0 Å². The summed E-state index contributed by atoms with van der Waals surface area (Å²) in [4.78, 5) is 1.56. The Hall–Kier alpha value is 1.66. The van der Waals surface area contributed by atoms with E-state index in [9.17, 15) is 0 Å². The molecule has 1 rings (SSSR count). The first kappa shape index (κ1) is 15.1. The number of rotatable bonds is 0. The molecule has 48 valence electrons. The Morgan fingerprint density at radius 2 is 1.55 bits per heavy atom. The van der Waals surface area contributed by atoms with E-state index in [-0.39, 0.29) is 59.1 Å². The second kappa shape index (κ2) is 7.10. The van der Waals surface area contributed by atoms with E-state index >= 15 is 0 Å². The summed E-state index contributed by atoms with van der Waals surface area (Å²) in [6.07, 6.45) is 0. The van der Waals surface area contributed by atoms with Gasteiger partial charge in [-0.15, -0.1) is 0 Å². The van der Waals surface area contributed by atoms with E-state index in [1.807, 2.05) is 25.1 Å². The predicted molar refractivity (Wildman–Crippen MR) is 42.4 cm³/mol. The zero-order chi connectivity index (χ0) is 6.85. The minimum Gasteiger partial charge on any atom is -0.781 e. The summed E-state index contributed by atoms with van der Waals surface area (Å²) in [6, 6.07) is 5.75.